The van der Waals surface area contributed by atoms with E-state index in [1.807, 2.05) is 80.8 Å². The highest BCUT2D eigenvalue weighted by Crippen LogP contribution is 2.43. The van der Waals surface area contributed by atoms with E-state index in [1.54, 1.807) is 67.6 Å². The number of anilines is 2. The van der Waals surface area contributed by atoms with E-state index in [9.17, 15) is 48.3 Å². The molecule has 1 aliphatic carbocycles. The number of carbonyl (C=O) groups excluding carboxylic acids is 9. The van der Waals surface area contributed by atoms with Gasteiger partial charge in [0, 0.05) is 74.7 Å². The number of fused-ring (bicyclic) bond motifs is 4. The first-order valence-corrected chi connectivity index (χ1v) is 40.2. The number of imide groups is 1. The summed E-state index contributed by atoms with van der Waals surface area (Å²) in [5.74, 6) is -2.65. The molecule has 0 saturated carbocycles. The summed E-state index contributed by atoms with van der Waals surface area (Å²) >= 11 is 0. The smallest absolute Gasteiger partial charge is 0.416 e. The van der Waals surface area contributed by atoms with E-state index in [4.69, 9.17) is 61.6 Å². The molecule has 1 fully saturated rings. The molecule has 0 radical (unpaired) electrons. The topological polar surface area (TPSA) is 367 Å². The van der Waals surface area contributed by atoms with Crippen LogP contribution in [0.4, 0.5) is 21.9 Å². The maximum absolute atomic E-state index is 14.3. The number of nitrogens with one attached hydrogen (secondary N) is 4. The SMILES string of the molecule is COc1cc2c(cc1OCCCCCOc1cc3c(cc1OC)C(=O)N1C=C(C)C[C@H]1[C@H](O)N3C(=O)OCc1ccc(NC(=O)[C@H](C)NC(=O)[C@@H](NC(=O)CCOCCOCCOCCOCCOCCOCCOCCOCCNC(=O)CCN3C(=O)CC(C4C=C\C=C/C=C\C=C/C=C\4)C3=O)C(C)C)cc1)N=C[C@@H]1CC(C)=CN1C2=O. The number of benzene rings is 3. The molecule has 640 valence electrons. The largest absolute Gasteiger partial charge is 0.493 e. The van der Waals surface area contributed by atoms with Crippen LogP contribution in [0.2, 0.25) is 0 Å². The van der Waals surface area contributed by atoms with Crippen LogP contribution in [0.25, 0.3) is 0 Å². The highest BCUT2D eigenvalue weighted by atomic mass is 16.6. The molecule has 3 aromatic carbocycles. The van der Waals surface area contributed by atoms with Gasteiger partial charge in [-0.3, -0.25) is 48.2 Å². The van der Waals surface area contributed by atoms with Crippen molar-refractivity contribution in [2.24, 2.45) is 22.7 Å². The molecule has 0 bridgehead atoms. The number of rotatable bonds is 49. The summed E-state index contributed by atoms with van der Waals surface area (Å²) in [4.78, 5) is 130. The number of aliphatic hydroxyl groups is 1. The Morgan fingerprint density at radius 2 is 1.08 bits per heavy atom. The van der Waals surface area contributed by atoms with Crippen molar-refractivity contribution < 1.29 is 110 Å². The third-order valence-corrected chi connectivity index (χ3v) is 19.7. The van der Waals surface area contributed by atoms with Crippen molar-refractivity contribution in [3.63, 3.8) is 0 Å². The number of ether oxygens (including phenoxy) is 13. The van der Waals surface area contributed by atoms with Crippen LogP contribution in [0.1, 0.15) is 112 Å². The minimum atomic E-state index is -1.53. The molecule has 9 rings (SSSR count). The highest BCUT2D eigenvalue weighted by Gasteiger charge is 2.46. The zero-order chi connectivity index (χ0) is 84.1. The molecule has 1 saturated heterocycles. The average Bonchev–Trinajstić information content (AvgIpc) is 1.59. The predicted octanol–water partition coefficient (Wildman–Crippen LogP) is 8.16. The normalized spacial score (nSPS) is 19.6. The molecule has 32 heteroatoms. The summed E-state index contributed by atoms with van der Waals surface area (Å²) < 4.78 is 73.9. The molecular formula is C86H113N9O23. The molecule has 3 aromatic rings. The molecule has 9 amide bonds. The monoisotopic (exact) mass is 1640 g/mol. The fourth-order valence-corrected chi connectivity index (χ4v) is 13.4. The minimum Gasteiger partial charge on any atom is -0.493 e. The van der Waals surface area contributed by atoms with Crippen molar-refractivity contribution in [2.75, 3.05) is 156 Å². The molecule has 0 spiro atoms. The van der Waals surface area contributed by atoms with Crippen molar-refractivity contribution in [1.82, 2.24) is 30.7 Å². The van der Waals surface area contributed by atoms with Crippen LogP contribution in [-0.4, -0.2) is 256 Å². The Hall–Kier alpha value is -10.4. The van der Waals surface area contributed by atoms with Gasteiger partial charge in [-0.1, -0.05) is 97.9 Å². The van der Waals surface area contributed by atoms with Gasteiger partial charge in [-0.25, -0.2) is 9.69 Å². The highest BCUT2D eigenvalue weighted by molar-refractivity contribution is 6.07. The quantitative estimate of drug-likeness (QED) is 0.0263. The van der Waals surface area contributed by atoms with Crippen LogP contribution < -0.4 is 45.1 Å². The van der Waals surface area contributed by atoms with E-state index in [-0.39, 0.29) is 136 Å². The predicted molar refractivity (Wildman–Crippen MR) is 437 cm³/mol. The van der Waals surface area contributed by atoms with Crippen LogP contribution in [-0.2, 0) is 78.0 Å². The fraction of sp³-hybridized carbons (Fsp3) is 0.512. The lowest BCUT2D eigenvalue weighted by molar-refractivity contribution is -0.140. The van der Waals surface area contributed by atoms with Gasteiger partial charge in [-0.15, -0.1) is 0 Å². The molecule has 5 heterocycles. The van der Waals surface area contributed by atoms with Crippen LogP contribution >= 0.6 is 0 Å². The number of hydrogen-bond donors (Lipinski definition) is 5. The summed E-state index contributed by atoms with van der Waals surface area (Å²) in [7, 11) is 2.96. The van der Waals surface area contributed by atoms with Gasteiger partial charge in [0.05, 0.1) is 174 Å². The second kappa shape index (κ2) is 48.5. The summed E-state index contributed by atoms with van der Waals surface area (Å²) in [5.41, 5.74) is 3.91. The molecule has 2 unspecified atom stereocenters. The van der Waals surface area contributed by atoms with Crippen molar-refractivity contribution in [1.29, 1.82) is 0 Å². The number of carbonyl (C=O) groups is 9. The second-order valence-corrected chi connectivity index (χ2v) is 29.0. The Labute approximate surface area is 688 Å². The van der Waals surface area contributed by atoms with E-state index in [1.165, 1.54) is 43.1 Å². The third kappa shape index (κ3) is 27.9. The first kappa shape index (κ1) is 91.5. The summed E-state index contributed by atoms with van der Waals surface area (Å²) in [6.45, 7) is 14.8. The first-order chi connectivity index (χ1) is 57.2. The van der Waals surface area contributed by atoms with Crippen molar-refractivity contribution >= 4 is 76.6 Å². The molecule has 7 atom stereocenters. The minimum absolute atomic E-state index is 0.00851. The van der Waals surface area contributed by atoms with Gasteiger partial charge in [-0.2, -0.15) is 0 Å². The number of unbranched alkanes of at least 4 members (excludes halogenated alkanes) is 2. The number of likely N-dealkylation sites (tertiary alicyclic amines) is 1. The van der Waals surface area contributed by atoms with Crippen molar-refractivity contribution in [3.05, 3.63) is 150 Å². The average molecular weight is 1640 g/mol. The lowest BCUT2D eigenvalue weighted by Crippen LogP contribution is -2.53. The van der Waals surface area contributed by atoms with Gasteiger partial charge in [0.2, 0.25) is 35.4 Å². The number of hydrogen-bond acceptors (Lipinski definition) is 24. The Morgan fingerprint density at radius 1 is 0.551 bits per heavy atom. The third-order valence-electron chi connectivity index (χ3n) is 19.7. The fourth-order valence-electron chi connectivity index (χ4n) is 13.4. The number of aliphatic imine (C=N–C) groups is 1. The van der Waals surface area contributed by atoms with E-state index in [0.29, 0.717) is 146 Å². The zero-order valence-corrected chi connectivity index (χ0v) is 68.4. The summed E-state index contributed by atoms with van der Waals surface area (Å²) in [6.07, 6.45) is 24.7. The number of aliphatic hydroxyl groups excluding tert-OH is 1. The number of methoxy groups -OCH3 is 2. The van der Waals surface area contributed by atoms with E-state index in [0.717, 1.165) is 22.5 Å². The van der Waals surface area contributed by atoms with Crippen LogP contribution in [0.5, 0.6) is 23.0 Å². The molecular weight excluding hydrogens is 1530 g/mol. The number of allylic oxidation sites excluding steroid dienone is 10. The second-order valence-electron chi connectivity index (χ2n) is 29.0. The van der Waals surface area contributed by atoms with E-state index < -0.39 is 60.0 Å². The number of nitrogens with zero attached hydrogens (tertiary/aromatic N) is 5. The van der Waals surface area contributed by atoms with Crippen LogP contribution in [0, 0.1) is 17.8 Å². The molecule has 5 aliphatic heterocycles. The molecule has 6 aliphatic rings. The molecule has 5 N–H and O–H groups in total. The zero-order valence-electron chi connectivity index (χ0n) is 68.4. The number of amides is 9. The Kier molecular flexibility index (Phi) is 37.6. The van der Waals surface area contributed by atoms with Gasteiger partial charge in [0.25, 0.3) is 11.8 Å². The Morgan fingerprint density at radius 3 is 1.65 bits per heavy atom. The van der Waals surface area contributed by atoms with Gasteiger partial charge in [-0.05, 0) is 88.6 Å². The first-order valence-electron chi connectivity index (χ1n) is 40.2. The molecule has 118 heavy (non-hydrogen) atoms. The van der Waals surface area contributed by atoms with E-state index >= 15 is 0 Å². The van der Waals surface area contributed by atoms with Crippen molar-refractivity contribution in [3.8, 4) is 23.0 Å². The maximum Gasteiger partial charge on any atom is 0.416 e. The summed E-state index contributed by atoms with van der Waals surface area (Å²) in [6, 6.07) is 9.92. The van der Waals surface area contributed by atoms with Gasteiger partial charge in [0.15, 0.2) is 29.2 Å². The molecule has 0 aromatic heterocycles. The van der Waals surface area contributed by atoms with Gasteiger partial charge >= 0.3 is 6.09 Å². The Bertz CT molecular complexity index is 4110. The van der Waals surface area contributed by atoms with Crippen LogP contribution in [0.15, 0.2) is 138 Å². The van der Waals surface area contributed by atoms with Crippen LogP contribution in [0.3, 0.4) is 0 Å². The van der Waals surface area contributed by atoms with Gasteiger partial charge in [0.1, 0.15) is 18.7 Å². The maximum atomic E-state index is 14.3. The standard InChI is InChI=1S/C86H113N9O23/c1-58(2)79(91-77(97)26-31-108-33-35-110-37-39-112-41-43-114-45-46-115-44-42-113-40-38-111-36-34-109-32-27-87-76(96)25-28-92-78(98)51-66(82(92)101)63-19-15-12-10-8-9-11-13-16-20-63)81(100)89-61(5)80(99)90-64-23-21-62(22-24-64)57-118-86(105)95-70-53-75(73(107-7)50-68(70)84(103)94-56-60(4)48-71(94)85(95)104)117-30-18-14-17-29-116-74-52-69-67(49-72(74)106-6)83(102)93-55-59(3)47-65(93)54-88-69/h8-13,15-16,19-24,49-50,52-56,58,61,63,65-66,71,79,85,104H,14,17-18,25-48,51,57H2,1-7H3,(H,87,96)(H,89,100)(H,90,99)(H,91,97)/b9-8-,12-10-,13-11-,19-15-,20-16?/t61-,63?,65-,66?,71-,79-,85-/m0/s1. The van der Waals surface area contributed by atoms with Gasteiger partial charge < -0.3 is 97.8 Å². The summed E-state index contributed by atoms with van der Waals surface area (Å²) in [5, 5.41) is 23.0. The lowest BCUT2D eigenvalue weighted by atomic mass is 9.90. The Balaban J connectivity index is 0.565. The van der Waals surface area contributed by atoms with Crippen molar-refractivity contribution in [2.45, 2.75) is 123 Å². The van der Waals surface area contributed by atoms with E-state index in [2.05, 4.69) is 26.3 Å². The lowest BCUT2D eigenvalue weighted by Gasteiger charge is -2.31. The molecule has 32 nitrogen and oxygen atoms in total.